The Balaban J connectivity index is 1.58. The predicted molar refractivity (Wildman–Crippen MR) is 80.0 cm³/mol. The van der Waals surface area contributed by atoms with Gasteiger partial charge in [-0.2, -0.15) is 20.4 Å². The minimum Gasteiger partial charge on any atom is -0.309 e. The molecule has 0 aliphatic heterocycles. The maximum absolute atomic E-state index is 3.89. The quantitative estimate of drug-likeness (QED) is 0.774. The number of rotatable bonds is 5. The summed E-state index contributed by atoms with van der Waals surface area (Å²) in [6.07, 6.45) is 6.94. The van der Waals surface area contributed by atoms with Crippen LogP contribution in [0.2, 0.25) is 0 Å². The van der Waals surface area contributed by atoms with E-state index < -0.39 is 0 Å². The van der Waals surface area contributed by atoms with E-state index in [0.29, 0.717) is 0 Å². The van der Waals surface area contributed by atoms with Gasteiger partial charge in [0.1, 0.15) is 0 Å². The van der Waals surface area contributed by atoms with Crippen LogP contribution in [-0.2, 0) is 13.1 Å². The van der Waals surface area contributed by atoms with Gasteiger partial charge in [-0.25, -0.2) is 0 Å². The van der Waals surface area contributed by atoms with E-state index in [1.165, 1.54) is 5.56 Å². The molecule has 2 heterocycles. The Morgan fingerprint density at radius 3 is 2.00 bits per heavy atom. The van der Waals surface area contributed by atoms with Gasteiger partial charge in [0.15, 0.2) is 0 Å². The second kappa shape index (κ2) is 6.67. The Kier molecular flexibility index (Phi) is 4.24. The first-order chi connectivity index (χ1) is 10.4. The molecular formula is C16H15N5. The molecule has 3 aromatic rings. The van der Waals surface area contributed by atoms with Crippen LogP contribution >= 0.6 is 0 Å². The van der Waals surface area contributed by atoms with Gasteiger partial charge in [0.05, 0.1) is 18.6 Å². The molecule has 21 heavy (non-hydrogen) atoms. The molecule has 1 aromatic carbocycles. The predicted octanol–water partition coefficient (Wildman–Crippen LogP) is 2.22. The van der Waals surface area contributed by atoms with Gasteiger partial charge in [-0.05, 0) is 28.8 Å². The van der Waals surface area contributed by atoms with Gasteiger partial charge < -0.3 is 5.32 Å². The molecule has 0 bridgehead atoms. The fraction of sp³-hybridized carbons (Fsp3) is 0.125. The molecule has 5 nitrogen and oxygen atoms in total. The van der Waals surface area contributed by atoms with Crippen molar-refractivity contribution in [2.75, 3.05) is 0 Å². The van der Waals surface area contributed by atoms with Crippen LogP contribution in [0, 0.1) is 0 Å². The van der Waals surface area contributed by atoms with Crippen molar-refractivity contribution in [2.24, 2.45) is 0 Å². The number of aromatic nitrogens is 4. The van der Waals surface area contributed by atoms with Crippen molar-refractivity contribution < 1.29 is 0 Å². The van der Waals surface area contributed by atoms with E-state index in [1.54, 1.807) is 24.8 Å². The molecule has 0 fully saturated rings. The number of benzene rings is 1. The minimum atomic E-state index is 0.783. The van der Waals surface area contributed by atoms with Gasteiger partial charge in [0.25, 0.3) is 0 Å². The zero-order valence-electron chi connectivity index (χ0n) is 11.5. The monoisotopic (exact) mass is 277 g/mol. The molecule has 0 saturated heterocycles. The molecule has 3 rings (SSSR count). The van der Waals surface area contributed by atoms with E-state index in [1.807, 2.05) is 12.1 Å². The lowest BCUT2D eigenvalue weighted by Gasteiger charge is -2.06. The van der Waals surface area contributed by atoms with Gasteiger partial charge in [-0.15, -0.1) is 0 Å². The standard InChI is InChI=1S/C16H15N5/c1-3-15(16-6-8-19-21-12-16)4-2-13(1)9-17-10-14-5-7-18-20-11-14/h1-8,11-12,17H,9-10H2. The third-order valence-electron chi connectivity index (χ3n) is 3.18. The Morgan fingerprint density at radius 1 is 0.619 bits per heavy atom. The number of nitrogens with zero attached hydrogens (tertiary/aromatic N) is 4. The van der Waals surface area contributed by atoms with E-state index in [4.69, 9.17) is 0 Å². The van der Waals surface area contributed by atoms with Gasteiger partial charge in [-0.1, -0.05) is 24.3 Å². The van der Waals surface area contributed by atoms with Gasteiger partial charge >= 0.3 is 0 Å². The van der Waals surface area contributed by atoms with E-state index >= 15 is 0 Å². The normalized spacial score (nSPS) is 10.5. The second-order valence-corrected chi connectivity index (χ2v) is 4.68. The maximum atomic E-state index is 3.89. The van der Waals surface area contributed by atoms with E-state index in [-0.39, 0.29) is 0 Å². The summed E-state index contributed by atoms with van der Waals surface area (Å²) in [5, 5.41) is 18.7. The van der Waals surface area contributed by atoms with Crippen LogP contribution < -0.4 is 5.32 Å². The van der Waals surface area contributed by atoms with Crippen LogP contribution in [0.3, 0.4) is 0 Å². The largest absolute Gasteiger partial charge is 0.309 e. The van der Waals surface area contributed by atoms with Crippen molar-refractivity contribution >= 4 is 0 Å². The zero-order valence-corrected chi connectivity index (χ0v) is 11.5. The molecule has 0 atom stereocenters. The van der Waals surface area contributed by atoms with Crippen LogP contribution in [-0.4, -0.2) is 20.4 Å². The Labute approximate surface area is 123 Å². The fourth-order valence-corrected chi connectivity index (χ4v) is 2.05. The van der Waals surface area contributed by atoms with Crippen molar-refractivity contribution in [1.29, 1.82) is 0 Å². The lowest BCUT2D eigenvalue weighted by atomic mass is 10.1. The molecule has 0 amide bonds. The molecular weight excluding hydrogens is 262 g/mol. The van der Waals surface area contributed by atoms with Crippen molar-refractivity contribution in [1.82, 2.24) is 25.7 Å². The van der Waals surface area contributed by atoms with Crippen molar-refractivity contribution in [3.8, 4) is 11.1 Å². The summed E-state index contributed by atoms with van der Waals surface area (Å²) in [6, 6.07) is 12.3. The van der Waals surface area contributed by atoms with Crippen molar-refractivity contribution in [2.45, 2.75) is 13.1 Å². The third-order valence-corrected chi connectivity index (χ3v) is 3.18. The molecule has 1 N–H and O–H groups in total. The first-order valence-corrected chi connectivity index (χ1v) is 6.74. The molecule has 0 spiro atoms. The van der Waals surface area contributed by atoms with Crippen LogP contribution in [0.4, 0.5) is 0 Å². The van der Waals surface area contributed by atoms with E-state index in [2.05, 4.69) is 50.0 Å². The highest BCUT2D eigenvalue weighted by atomic mass is 15.1. The zero-order chi connectivity index (χ0) is 14.3. The SMILES string of the molecule is c1cc(CNCc2ccc(-c3ccnnc3)cc2)cnn1. The molecule has 2 aromatic heterocycles. The van der Waals surface area contributed by atoms with Crippen LogP contribution in [0.15, 0.2) is 61.2 Å². The second-order valence-electron chi connectivity index (χ2n) is 4.68. The Morgan fingerprint density at radius 2 is 1.33 bits per heavy atom. The molecule has 0 unspecified atom stereocenters. The van der Waals surface area contributed by atoms with Gasteiger partial charge in [0, 0.05) is 24.8 Å². The smallest absolute Gasteiger partial charge is 0.0574 e. The Bertz CT molecular complexity index is 668. The lowest BCUT2D eigenvalue weighted by molar-refractivity contribution is 0.689. The summed E-state index contributed by atoms with van der Waals surface area (Å²) >= 11 is 0. The topological polar surface area (TPSA) is 63.6 Å². The highest BCUT2D eigenvalue weighted by Crippen LogP contribution is 2.17. The van der Waals surface area contributed by atoms with E-state index in [9.17, 15) is 0 Å². The molecule has 0 radical (unpaired) electrons. The van der Waals surface area contributed by atoms with Crippen molar-refractivity contribution in [3.63, 3.8) is 0 Å². The van der Waals surface area contributed by atoms with Crippen LogP contribution in [0.5, 0.6) is 0 Å². The fourth-order valence-electron chi connectivity index (χ4n) is 2.05. The highest BCUT2D eigenvalue weighted by Gasteiger charge is 1.99. The first kappa shape index (κ1) is 13.3. The summed E-state index contributed by atoms with van der Waals surface area (Å²) in [5.41, 5.74) is 4.59. The molecule has 5 heteroatoms. The summed E-state index contributed by atoms with van der Waals surface area (Å²) < 4.78 is 0. The lowest BCUT2D eigenvalue weighted by Crippen LogP contribution is -2.12. The first-order valence-electron chi connectivity index (χ1n) is 6.74. The van der Waals surface area contributed by atoms with Crippen molar-refractivity contribution in [3.05, 3.63) is 72.3 Å². The average Bonchev–Trinajstić information content (AvgIpc) is 2.57. The average molecular weight is 277 g/mol. The molecule has 0 saturated carbocycles. The minimum absolute atomic E-state index is 0.783. The van der Waals surface area contributed by atoms with Gasteiger partial charge in [0.2, 0.25) is 0 Å². The number of hydrogen-bond donors (Lipinski definition) is 1. The molecule has 104 valence electrons. The summed E-state index contributed by atoms with van der Waals surface area (Å²) in [4.78, 5) is 0. The Hall–Kier alpha value is -2.66. The van der Waals surface area contributed by atoms with Crippen LogP contribution in [0.1, 0.15) is 11.1 Å². The molecule has 0 aliphatic carbocycles. The highest BCUT2D eigenvalue weighted by molar-refractivity contribution is 5.62. The van der Waals surface area contributed by atoms with E-state index in [0.717, 1.165) is 29.8 Å². The maximum Gasteiger partial charge on any atom is 0.0574 e. The third kappa shape index (κ3) is 3.67. The summed E-state index contributed by atoms with van der Waals surface area (Å²) in [7, 11) is 0. The van der Waals surface area contributed by atoms with Gasteiger partial charge in [-0.3, -0.25) is 0 Å². The number of hydrogen-bond acceptors (Lipinski definition) is 5. The number of nitrogens with one attached hydrogen (secondary N) is 1. The summed E-state index contributed by atoms with van der Waals surface area (Å²) in [5.74, 6) is 0. The van der Waals surface area contributed by atoms with Crippen LogP contribution in [0.25, 0.3) is 11.1 Å². The summed E-state index contributed by atoms with van der Waals surface area (Å²) in [6.45, 7) is 1.60. The molecule has 0 aliphatic rings.